The molecule has 0 aromatic carbocycles. The lowest BCUT2D eigenvalue weighted by molar-refractivity contribution is -0.119. The summed E-state index contributed by atoms with van der Waals surface area (Å²) in [5, 5.41) is 10.2. The van der Waals surface area contributed by atoms with Gasteiger partial charge in [0.05, 0.1) is 17.5 Å². The van der Waals surface area contributed by atoms with E-state index in [-0.39, 0.29) is 11.9 Å². The van der Waals surface area contributed by atoms with Crippen molar-refractivity contribution in [2.75, 3.05) is 26.7 Å². The second kappa shape index (κ2) is 6.55. The molecule has 1 fully saturated rings. The number of carbonyl (C=O) groups excluding carboxylic acids is 1. The quantitative estimate of drug-likeness (QED) is 0.874. The summed E-state index contributed by atoms with van der Waals surface area (Å²) in [6.45, 7) is 4.81. The minimum atomic E-state index is -0.0390. The smallest absolute Gasteiger partial charge is 0.268 e. The fourth-order valence-corrected chi connectivity index (χ4v) is 3.23. The molecule has 1 atom stereocenters. The summed E-state index contributed by atoms with van der Waals surface area (Å²) < 4.78 is 5.40. The molecule has 22 heavy (non-hydrogen) atoms. The zero-order valence-electron chi connectivity index (χ0n) is 12.6. The molecule has 0 spiro atoms. The Morgan fingerprint density at radius 3 is 3.23 bits per heavy atom. The first-order valence-electron chi connectivity index (χ1n) is 7.21. The van der Waals surface area contributed by atoms with E-state index in [1.54, 1.807) is 11.3 Å². The van der Waals surface area contributed by atoms with Gasteiger partial charge in [0.25, 0.3) is 5.89 Å². The summed E-state index contributed by atoms with van der Waals surface area (Å²) in [4.78, 5) is 19.7. The number of piperazine rings is 1. The van der Waals surface area contributed by atoms with Crippen LogP contribution in [0.2, 0.25) is 0 Å². The van der Waals surface area contributed by atoms with Gasteiger partial charge in [0.1, 0.15) is 0 Å². The lowest BCUT2D eigenvalue weighted by Crippen LogP contribution is -2.44. The molecule has 8 heteroatoms. The van der Waals surface area contributed by atoms with Gasteiger partial charge in [0, 0.05) is 31.4 Å². The molecular formula is C14H19N5O2S. The highest BCUT2D eigenvalue weighted by Crippen LogP contribution is 2.28. The van der Waals surface area contributed by atoms with Gasteiger partial charge in [0.15, 0.2) is 5.82 Å². The van der Waals surface area contributed by atoms with Crippen LogP contribution in [0, 0.1) is 0 Å². The molecule has 3 rings (SSSR count). The lowest BCUT2D eigenvalue weighted by atomic mass is 10.2. The Kier molecular flexibility index (Phi) is 4.51. The van der Waals surface area contributed by atoms with Gasteiger partial charge in [-0.15, -0.1) is 11.3 Å². The van der Waals surface area contributed by atoms with Crippen LogP contribution < -0.4 is 10.6 Å². The fraction of sp³-hybridized carbons (Fsp3) is 0.500. The summed E-state index contributed by atoms with van der Waals surface area (Å²) in [5.41, 5.74) is 0. The minimum absolute atomic E-state index is 0.0390. The van der Waals surface area contributed by atoms with Gasteiger partial charge in [-0.1, -0.05) is 5.16 Å². The zero-order valence-corrected chi connectivity index (χ0v) is 13.4. The van der Waals surface area contributed by atoms with Gasteiger partial charge < -0.3 is 15.2 Å². The number of nitrogens with one attached hydrogen (secondary N) is 2. The Balaban J connectivity index is 1.72. The first kappa shape index (κ1) is 15.1. The van der Waals surface area contributed by atoms with E-state index >= 15 is 0 Å². The zero-order chi connectivity index (χ0) is 15.5. The molecular weight excluding hydrogens is 302 g/mol. The van der Waals surface area contributed by atoms with Gasteiger partial charge >= 0.3 is 0 Å². The van der Waals surface area contributed by atoms with Gasteiger partial charge in [-0.25, -0.2) is 0 Å². The van der Waals surface area contributed by atoms with Crippen molar-refractivity contribution in [2.45, 2.75) is 19.5 Å². The van der Waals surface area contributed by atoms with Crippen molar-refractivity contribution in [3.05, 3.63) is 22.8 Å². The van der Waals surface area contributed by atoms with E-state index in [0.717, 1.165) is 29.4 Å². The fourth-order valence-electron chi connectivity index (χ4n) is 2.36. The first-order valence-corrected chi connectivity index (χ1v) is 8.03. The van der Waals surface area contributed by atoms with Crippen molar-refractivity contribution in [2.24, 2.45) is 0 Å². The largest absolute Gasteiger partial charge is 0.351 e. The second-order valence-corrected chi connectivity index (χ2v) is 6.50. The van der Waals surface area contributed by atoms with Gasteiger partial charge in [-0.05, 0) is 19.2 Å². The van der Waals surface area contributed by atoms with Crippen LogP contribution in [-0.2, 0) is 11.3 Å². The van der Waals surface area contributed by atoms with Crippen LogP contribution in [0.4, 0.5) is 0 Å². The average Bonchev–Trinajstić information content (AvgIpc) is 3.14. The van der Waals surface area contributed by atoms with Crippen molar-refractivity contribution >= 4 is 17.2 Å². The molecule has 0 radical (unpaired) electrons. The van der Waals surface area contributed by atoms with Crippen molar-refractivity contribution in [1.82, 2.24) is 25.7 Å². The highest BCUT2D eigenvalue weighted by atomic mass is 32.1. The van der Waals surface area contributed by atoms with Crippen LogP contribution in [-0.4, -0.2) is 47.6 Å². The van der Waals surface area contributed by atoms with E-state index in [9.17, 15) is 4.79 Å². The summed E-state index contributed by atoms with van der Waals surface area (Å²) in [6.07, 6.45) is 0. The van der Waals surface area contributed by atoms with E-state index in [0.29, 0.717) is 18.3 Å². The molecule has 0 bridgehead atoms. The van der Waals surface area contributed by atoms with E-state index < -0.39 is 0 Å². The predicted molar refractivity (Wildman–Crippen MR) is 83.4 cm³/mol. The van der Waals surface area contributed by atoms with Crippen LogP contribution in [0.5, 0.6) is 0 Å². The number of carbonyl (C=O) groups is 1. The highest BCUT2D eigenvalue weighted by molar-refractivity contribution is 7.15. The standard InChI is InChI=1S/C14H19N5O2S/c1-9(20)16-7-10-3-4-12(22-10)14-17-13(18-21-14)11-8-15-5-6-19(11)2/h3-4,11,15H,5-8H2,1-2H3,(H,16,20). The normalized spacial score (nSPS) is 19.3. The van der Waals surface area contributed by atoms with Gasteiger partial charge in [0.2, 0.25) is 5.91 Å². The lowest BCUT2D eigenvalue weighted by Gasteiger charge is -2.30. The van der Waals surface area contributed by atoms with E-state index in [4.69, 9.17) is 4.52 Å². The number of nitrogens with zero attached hydrogens (tertiary/aromatic N) is 3. The molecule has 0 saturated carbocycles. The Hall–Kier alpha value is -1.77. The third-order valence-corrected chi connectivity index (χ3v) is 4.71. The minimum Gasteiger partial charge on any atom is -0.351 e. The maximum Gasteiger partial charge on any atom is 0.268 e. The van der Waals surface area contributed by atoms with Crippen LogP contribution in [0.3, 0.4) is 0 Å². The van der Waals surface area contributed by atoms with Crippen LogP contribution in [0.25, 0.3) is 10.8 Å². The Morgan fingerprint density at radius 1 is 1.59 bits per heavy atom. The molecule has 2 aromatic rings. The molecule has 3 heterocycles. The Labute approximate surface area is 132 Å². The summed E-state index contributed by atoms with van der Waals surface area (Å²) in [7, 11) is 2.07. The van der Waals surface area contributed by atoms with E-state index in [2.05, 4.69) is 32.7 Å². The summed E-state index contributed by atoms with van der Waals surface area (Å²) >= 11 is 1.55. The average molecular weight is 321 g/mol. The topological polar surface area (TPSA) is 83.3 Å². The van der Waals surface area contributed by atoms with Crippen molar-refractivity contribution in [1.29, 1.82) is 0 Å². The van der Waals surface area contributed by atoms with Crippen LogP contribution >= 0.6 is 11.3 Å². The summed E-state index contributed by atoms with van der Waals surface area (Å²) in [6, 6.07) is 4.06. The van der Waals surface area contributed by atoms with Crippen molar-refractivity contribution in [3.8, 4) is 10.8 Å². The number of amides is 1. The van der Waals surface area contributed by atoms with Crippen molar-refractivity contribution in [3.63, 3.8) is 0 Å². The number of likely N-dealkylation sites (N-methyl/N-ethyl adjacent to an activating group) is 1. The monoisotopic (exact) mass is 321 g/mol. The maximum absolute atomic E-state index is 10.9. The first-order chi connectivity index (χ1) is 10.6. The number of rotatable bonds is 4. The third-order valence-electron chi connectivity index (χ3n) is 3.63. The number of thiophene rings is 1. The Bertz CT molecular complexity index is 653. The molecule has 1 aliphatic heterocycles. The SMILES string of the molecule is CC(=O)NCc1ccc(-c2nc(C3CNCCN3C)no2)s1. The molecule has 0 aliphatic carbocycles. The van der Waals surface area contributed by atoms with E-state index in [1.807, 2.05) is 12.1 Å². The second-order valence-electron chi connectivity index (χ2n) is 5.33. The van der Waals surface area contributed by atoms with Gasteiger partial charge in [-0.2, -0.15) is 4.98 Å². The Morgan fingerprint density at radius 2 is 2.45 bits per heavy atom. The molecule has 2 N–H and O–H groups in total. The van der Waals surface area contributed by atoms with Gasteiger partial charge in [-0.3, -0.25) is 9.69 Å². The molecule has 1 aliphatic rings. The number of hydrogen-bond donors (Lipinski definition) is 2. The third kappa shape index (κ3) is 3.34. The molecule has 1 unspecified atom stereocenters. The summed E-state index contributed by atoms with van der Waals surface area (Å²) in [5.74, 6) is 1.21. The molecule has 118 valence electrons. The van der Waals surface area contributed by atoms with Crippen molar-refractivity contribution < 1.29 is 9.32 Å². The molecule has 1 amide bonds. The molecule has 7 nitrogen and oxygen atoms in total. The molecule has 2 aromatic heterocycles. The van der Waals surface area contributed by atoms with E-state index in [1.165, 1.54) is 6.92 Å². The number of aromatic nitrogens is 2. The van der Waals surface area contributed by atoms with Crippen LogP contribution in [0.15, 0.2) is 16.7 Å². The predicted octanol–water partition coefficient (Wildman–Crippen LogP) is 1.01. The number of hydrogen-bond acceptors (Lipinski definition) is 7. The van der Waals surface area contributed by atoms with Crippen LogP contribution in [0.1, 0.15) is 23.7 Å². The maximum atomic E-state index is 10.9. The highest BCUT2D eigenvalue weighted by Gasteiger charge is 2.25. The molecule has 1 saturated heterocycles.